The lowest BCUT2D eigenvalue weighted by molar-refractivity contribution is 0.273. The molecule has 0 amide bonds. The van der Waals surface area contributed by atoms with Gasteiger partial charge in [0.2, 0.25) is 5.43 Å². The van der Waals surface area contributed by atoms with Gasteiger partial charge >= 0.3 is 0 Å². The second-order valence-electron chi connectivity index (χ2n) is 3.21. The highest BCUT2D eigenvalue weighted by atomic mass is 79.9. The van der Waals surface area contributed by atoms with Crippen LogP contribution in [0.5, 0.6) is 0 Å². The van der Waals surface area contributed by atoms with Crippen molar-refractivity contribution in [2.45, 2.75) is 6.61 Å². The number of nitrogens with zero attached hydrogens (tertiary/aromatic N) is 2. The van der Waals surface area contributed by atoms with Crippen molar-refractivity contribution in [3.63, 3.8) is 0 Å². The molecule has 2 aromatic rings. The zero-order chi connectivity index (χ0) is 11.5. The van der Waals surface area contributed by atoms with Crippen LogP contribution >= 0.6 is 15.9 Å². The topological polar surface area (TPSA) is 55.1 Å². The van der Waals surface area contributed by atoms with E-state index in [0.29, 0.717) is 0 Å². The second kappa shape index (κ2) is 4.59. The number of hydrogen-bond donors (Lipinski definition) is 1. The van der Waals surface area contributed by atoms with E-state index in [9.17, 15) is 4.79 Å². The van der Waals surface area contributed by atoms with E-state index < -0.39 is 0 Å². The molecule has 0 aliphatic rings. The van der Waals surface area contributed by atoms with E-state index >= 15 is 0 Å². The minimum atomic E-state index is -0.353. The van der Waals surface area contributed by atoms with Crippen LogP contribution in [-0.4, -0.2) is 14.9 Å². The average molecular weight is 281 g/mol. The van der Waals surface area contributed by atoms with Gasteiger partial charge in [0.25, 0.3) is 0 Å². The normalized spacial score (nSPS) is 10.4. The van der Waals surface area contributed by atoms with Gasteiger partial charge in [0.1, 0.15) is 5.69 Å². The van der Waals surface area contributed by atoms with E-state index in [4.69, 9.17) is 5.11 Å². The Kier molecular flexibility index (Phi) is 3.17. The SMILES string of the molecule is O=c1ccn(-c2cccc(Br)c2)nc1CO. The summed E-state index contributed by atoms with van der Waals surface area (Å²) in [4.78, 5) is 11.3. The molecule has 1 N–H and O–H groups in total. The predicted octanol–water partition coefficient (Wildman–Crippen LogP) is 1.49. The molecule has 1 aromatic heterocycles. The molecular formula is C11H9BrN2O2. The van der Waals surface area contributed by atoms with Crippen molar-refractivity contribution in [3.05, 3.63) is 56.9 Å². The average Bonchev–Trinajstić information content (AvgIpc) is 2.29. The highest BCUT2D eigenvalue weighted by Gasteiger charge is 2.02. The molecule has 0 atom stereocenters. The van der Waals surface area contributed by atoms with Gasteiger partial charge in [0.05, 0.1) is 12.3 Å². The van der Waals surface area contributed by atoms with Crippen molar-refractivity contribution in [1.29, 1.82) is 0 Å². The Balaban J connectivity index is 2.52. The number of aromatic nitrogens is 2. The van der Waals surface area contributed by atoms with Crippen molar-refractivity contribution in [2.75, 3.05) is 0 Å². The Bertz CT molecular complexity index is 566. The maximum Gasteiger partial charge on any atom is 0.205 e. The van der Waals surface area contributed by atoms with E-state index in [2.05, 4.69) is 21.0 Å². The molecule has 1 aromatic carbocycles. The number of rotatable bonds is 2. The van der Waals surface area contributed by atoms with Crippen LogP contribution in [0.4, 0.5) is 0 Å². The molecular weight excluding hydrogens is 272 g/mol. The fourth-order valence-electron chi connectivity index (χ4n) is 1.32. The fourth-order valence-corrected chi connectivity index (χ4v) is 1.71. The Hall–Kier alpha value is -1.46. The van der Waals surface area contributed by atoms with E-state index in [1.54, 1.807) is 10.9 Å². The van der Waals surface area contributed by atoms with Crippen molar-refractivity contribution >= 4 is 15.9 Å². The lowest BCUT2D eigenvalue weighted by atomic mass is 10.3. The highest BCUT2D eigenvalue weighted by molar-refractivity contribution is 9.10. The summed E-state index contributed by atoms with van der Waals surface area (Å²) in [5.74, 6) is 0. The van der Waals surface area contributed by atoms with Gasteiger partial charge in [-0.05, 0) is 18.2 Å². The third-order valence-electron chi connectivity index (χ3n) is 2.10. The molecule has 0 saturated carbocycles. The largest absolute Gasteiger partial charge is 0.390 e. The summed E-state index contributed by atoms with van der Waals surface area (Å²) in [6.45, 7) is -0.353. The number of aliphatic hydroxyl groups is 1. The smallest absolute Gasteiger partial charge is 0.205 e. The standard InChI is InChI=1S/C11H9BrN2O2/c12-8-2-1-3-9(6-8)14-5-4-11(16)10(7-15)13-14/h1-6,15H,7H2. The van der Waals surface area contributed by atoms with Crippen LogP contribution in [0.15, 0.2) is 45.8 Å². The Labute approximate surface area is 100 Å². The molecule has 0 spiro atoms. The van der Waals surface area contributed by atoms with Gasteiger partial charge in [-0.15, -0.1) is 0 Å². The van der Waals surface area contributed by atoms with E-state index in [0.717, 1.165) is 10.2 Å². The van der Waals surface area contributed by atoms with E-state index in [-0.39, 0.29) is 17.7 Å². The number of benzene rings is 1. The minimum Gasteiger partial charge on any atom is -0.390 e. The van der Waals surface area contributed by atoms with E-state index in [1.807, 2.05) is 24.3 Å². The predicted molar refractivity (Wildman–Crippen MR) is 63.5 cm³/mol. The lowest BCUT2D eigenvalue weighted by Gasteiger charge is -2.06. The Morgan fingerprint density at radius 3 is 2.88 bits per heavy atom. The molecule has 2 rings (SSSR count). The van der Waals surface area contributed by atoms with Crippen molar-refractivity contribution in [2.24, 2.45) is 0 Å². The third-order valence-corrected chi connectivity index (χ3v) is 2.60. The van der Waals surface area contributed by atoms with Gasteiger partial charge in [-0.2, -0.15) is 5.10 Å². The summed E-state index contributed by atoms with van der Waals surface area (Å²) < 4.78 is 2.48. The summed E-state index contributed by atoms with van der Waals surface area (Å²) >= 11 is 3.36. The number of hydrogen-bond acceptors (Lipinski definition) is 3. The van der Waals surface area contributed by atoms with Crippen molar-refractivity contribution in [3.8, 4) is 5.69 Å². The molecule has 5 heteroatoms. The van der Waals surface area contributed by atoms with Gasteiger partial charge in [-0.25, -0.2) is 4.68 Å². The first-order valence-corrected chi connectivity index (χ1v) is 5.45. The molecule has 0 aliphatic heterocycles. The highest BCUT2D eigenvalue weighted by Crippen LogP contribution is 2.13. The molecule has 0 fully saturated rings. The molecule has 82 valence electrons. The zero-order valence-corrected chi connectivity index (χ0v) is 9.89. The van der Waals surface area contributed by atoms with Gasteiger partial charge in [-0.1, -0.05) is 22.0 Å². The third kappa shape index (κ3) is 2.20. The number of halogens is 1. The fraction of sp³-hybridized carbons (Fsp3) is 0.0909. The van der Waals surface area contributed by atoms with Crippen molar-refractivity contribution < 1.29 is 5.11 Å². The molecule has 4 nitrogen and oxygen atoms in total. The Morgan fingerprint density at radius 1 is 1.38 bits per heavy atom. The maximum absolute atomic E-state index is 11.3. The van der Waals surface area contributed by atoms with Crippen LogP contribution in [0.2, 0.25) is 0 Å². The van der Waals surface area contributed by atoms with E-state index in [1.165, 1.54) is 6.07 Å². The molecule has 0 saturated heterocycles. The van der Waals surface area contributed by atoms with Gasteiger partial charge < -0.3 is 5.11 Å². The van der Waals surface area contributed by atoms with Crippen LogP contribution in [0.25, 0.3) is 5.69 Å². The maximum atomic E-state index is 11.3. The molecule has 0 unspecified atom stereocenters. The lowest BCUT2D eigenvalue weighted by Crippen LogP contribution is -2.15. The summed E-state index contributed by atoms with van der Waals surface area (Å²) in [5, 5.41) is 13.0. The van der Waals surface area contributed by atoms with Gasteiger partial charge in [0, 0.05) is 16.7 Å². The summed E-state index contributed by atoms with van der Waals surface area (Å²) in [6, 6.07) is 8.90. The molecule has 0 radical (unpaired) electrons. The summed E-state index contributed by atoms with van der Waals surface area (Å²) in [5.41, 5.74) is 0.709. The number of aliphatic hydroxyl groups excluding tert-OH is 1. The quantitative estimate of drug-likeness (QED) is 0.907. The molecule has 1 heterocycles. The monoisotopic (exact) mass is 280 g/mol. The minimum absolute atomic E-state index is 0.141. The molecule has 16 heavy (non-hydrogen) atoms. The second-order valence-corrected chi connectivity index (χ2v) is 4.12. The van der Waals surface area contributed by atoms with Crippen LogP contribution in [0, 0.1) is 0 Å². The van der Waals surface area contributed by atoms with Crippen LogP contribution in [-0.2, 0) is 6.61 Å². The van der Waals surface area contributed by atoms with Gasteiger partial charge in [0.15, 0.2) is 0 Å². The van der Waals surface area contributed by atoms with Crippen LogP contribution < -0.4 is 5.43 Å². The first kappa shape index (κ1) is 11.0. The van der Waals surface area contributed by atoms with Crippen molar-refractivity contribution in [1.82, 2.24) is 9.78 Å². The van der Waals surface area contributed by atoms with Crippen LogP contribution in [0.1, 0.15) is 5.69 Å². The Morgan fingerprint density at radius 2 is 2.19 bits per heavy atom. The van der Waals surface area contributed by atoms with Crippen LogP contribution in [0.3, 0.4) is 0 Å². The first-order chi connectivity index (χ1) is 7.70. The first-order valence-electron chi connectivity index (χ1n) is 4.66. The van der Waals surface area contributed by atoms with Gasteiger partial charge in [-0.3, -0.25) is 4.79 Å². The molecule has 0 bridgehead atoms. The molecule has 0 aliphatic carbocycles. The summed E-state index contributed by atoms with van der Waals surface area (Å²) in [7, 11) is 0. The summed E-state index contributed by atoms with van der Waals surface area (Å²) in [6.07, 6.45) is 1.57. The zero-order valence-electron chi connectivity index (χ0n) is 8.30.